The van der Waals surface area contributed by atoms with Crippen molar-refractivity contribution in [2.45, 2.75) is 13.0 Å². The average molecular weight is 218 g/mol. The van der Waals surface area contributed by atoms with Gasteiger partial charge in [-0.25, -0.2) is 8.78 Å². The van der Waals surface area contributed by atoms with E-state index in [0.717, 1.165) is 6.20 Å². The van der Waals surface area contributed by atoms with Gasteiger partial charge in [0.1, 0.15) is 6.07 Å². The summed E-state index contributed by atoms with van der Waals surface area (Å²) < 4.78 is 24.6. The number of pyridine rings is 1. The van der Waals surface area contributed by atoms with E-state index in [1.165, 1.54) is 0 Å². The van der Waals surface area contributed by atoms with Gasteiger partial charge >= 0.3 is 0 Å². The van der Waals surface area contributed by atoms with Crippen molar-refractivity contribution in [3.8, 4) is 6.07 Å². The van der Waals surface area contributed by atoms with Crippen LogP contribution in [0.2, 0.25) is 5.02 Å². The van der Waals surface area contributed by atoms with Gasteiger partial charge in [0, 0.05) is 12.7 Å². The summed E-state index contributed by atoms with van der Waals surface area (Å²) >= 11 is 5.59. The molecule has 1 aromatic rings. The van der Waals surface area contributed by atoms with Crippen LogP contribution in [0.25, 0.3) is 0 Å². The molecule has 0 amide bonds. The van der Waals surface area contributed by atoms with Crippen molar-refractivity contribution >= 4 is 11.6 Å². The predicted octanol–water partition coefficient (Wildman–Crippen LogP) is 2.00. The monoisotopic (exact) mass is 217 g/mol. The highest BCUT2D eigenvalue weighted by atomic mass is 35.5. The molecule has 3 nitrogen and oxygen atoms in total. The molecule has 0 aliphatic heterocycles. The molecule has 0 fully saturated rings. The lowest BCUT2D eigenvalue weighted by Gasteiger charge is -2.06. The molecular weight excluding hydrogens is 212 g/mol. The second-order valence-electron chi connectivity index (χ2n) is 2.47. The van der Waals surface area contributed by atoms with Crippen molar-refractivity contribution in [3.05, 3.63) is 28.0 Å². The third kappa shape index (κ3) is 1.81. The van der Waals surface area contributed by atoms with Crippen LogP contribution in [-0.2, 0) is 6.54 Å². The molecule has 0 spiro atoms. The highest BCUT2D eigenvalue weighted by Crippen LogP contribution is 2.29. The Bertz CT molecular complexity index is 387. The van der Waals surface area contributed by atoms with Crippen LogP contribution in [0, 0.1) is 11.3 Å². The minimum absolute atomic E-state index is 0.00781. The highest BCUT2D eigenvalue weighted by Gasteiger charge is 2.18. The first-order valence-corrected chi connectivity index (χ1v) is 4.05. The molecule has 74 valence electrons. The van der Waals surface area contributed by atoms with E-state index in [1.807, 2.05) is 0 Å². The van der Waals surface area contributed by atoms with Gasteiger partial charge in [-0.15, -0.1) is 0 Å². The number of aromatic nitrogens is 1. The number of rotatable bonds is 2. The number of alkyl halides is 2. The normalized spacial score (nSPS) is 10.3. The maximum atomic E-state index is 12.3. The van der Waals surface area contributed by atoms with Crippen molar-refractivity contribution in [2.75, 3.05) is 0 Å². The molecule has 0 saturated heterocycles. The topological polar surface area (TPSA) is 62.7 Å². The molecule has 0 aliphatic carbocycles. The Labute approximate surface area is 84.1 Å². The molecular formula is C8H6ClF2N3. The summed E-state index contributed by atoms with van der Waals surface area (Å²) in [6.45, 7) is -0.00781. The molecule has 0 bridgehead atoms. The van der Waals surface area contributed by atoms with E-state index in [-0.39, 0.29) is 22.8 Å². The number of nitrogens with two attached hydrogens (primary N) is 1. The van der Waals surface area contributed by atoms with Gasteiger partial charge in [-0.05, 0) is 0 Å². The molecule has 2 N–H and O–H groups in total. The van der Waals surface area contributed by atoms with Crippen LogP contribution >= 0.6 is 11.6 Å². The molecule has 1 heterocycles. The first-order chi connectivity index (χ1) is 6.61. The first-order valence-electron chi connectivity index (χ1n) is 3.67. The largest absolute Gasteiger partial charge is 0.325 e. The summed E-state index contributed by atoms with van der Waals surface area (Å²) in [6.07, 6.45) is -1.80. The number of nitriles is 1. The fourth-order valence-electron chi connectivity index (χ4n) is 0.960. The van der Waals surface area contributed by atoms with Crippen molar-refractivity contribution in [1.29, 1.82) is 5.26 Å². The number of nitrogens with zero attached hydrogens (tertiary/aromatic N) is 2. The molecule has 14 heavy (non-hydrogen) atoms. The smallest absolute Gasteiger partial charge is 0.266 e. The lowest BCUT2D eigenvalue weighted by molar-refractivity contribution is 0.151. The third-order valence-corrected chi connectivity index (χ3v) is 2.07. The first kappa shape index (κ1) is 10.8. The van der Waals surface area contributed by atoms with Crippen molar-refractivity contribution < 1.29 is 8.78 Å². The Morgan fingerprint density at radius 2 is 2.29 bits per heavy atom. The molecule has 6 heteroatoms. The van der Waals surface area contributed by atoms with Crippen LogP contribution in [0.15, 0.2) is 6.20 Å². The van der Waals surface area contributed by atoms with E-state index in [1.54, 1.807) is 6.07 Å². The second kappa shape index (κ2) is 4.31. The predicted molar refractivity (Wildman–Crippen MR) is 46.8 cm³/mol. The number of hydrogen-bond donors (Lipinski definition) is 1. The molecule has 0 radical (unpaired) electrons. The van der Waals surface area contributed by atoms with Crippen molar-refractivity contribution in [2.24, 2.45) is 5.73 Å². The lowest BCUT2D eigenvalue weighted by atomic mass is 10.1. The summed E-state index contributed by atoms with van der Waals surface area (Å²) in [5.74, 6) is 0. The Morgan fingerprint density at radius 1 is 1.64 bits per heavy atom. The van der Waals surface area contributed by atoms with Crippen LogP contribution in [0.3, 0.4) is 0 Å². The molecule has 1 aromatic heterocycles. The summed E-state index contributed by atoms with van der Waals surface area (Å²) in [5, 5.41) is 8.40. The minimum Gasteiger partial charge on any atom is -0.325 e. The van der Waals surface area contributed by atoms with Crippen LogP contribution in [0.4, 0.5) is 8.78 Å². The van der Waals surface area contributed by atoms with E-state index in [4.69, 9.17) is 22.6 Å². The van der Waals surface area contributed by atoms with Gasteiger partial charge in [0.25, 0.3) is 6.43 Å². The zero-order valence-electron chi connectivity index (χ0n) is 6.97. The molecule has 0 unspecified atom stereocenters. The van der Waals surface area contributed by atoms with Gasteiger partial charge < -0.3 is 5.73 Å². The van der Waals surface area contributed by atoms with E-state index < -0.39 is 12.0 Å². The highest BCUT2D eigenvalue weighted by molar-refractivity contribution is 6.32. The second-order valence-corrected chi connectivity index (χ2v) is 2.84. The quantitative estimate of drug-likeness (QED) is 0.824. The zero-order chi connectivity index (χ0) is 10.7. The summed E-state index contributed by atoms with van der Waals surface area (Å²) in [5.41, 5.74) is 4.96. The van der Waals surface area contributed by atoms with Crippen LogP contribution in [0.1, 0.15) is 23.2 Å². The van der Waals surface area contributed by atoms with Gasteiger partial charge in [0.05, 0.1) is 21.8 Å². The maximum Gasteiger partial charge on any atom is 0.266 e. The van der Waals surface area contributed by atoms with Gasteiger partial charge in [-0.1, -0.05) is 11.6 Å². The Hall–Kier alpha value is -1.25. The number of hydrogen-bond acceptors (Lipinski definition) is 3. The van der Waals surface area contributed by atoms with Gasteiger partial charge in [0.15, 0.2) is 0 Å². The average Bonchev–Trinajstić information content (AvgIpc) is 2.16. The van der Waals surface area contributed by atoms with Gasteiger partial charge in [-0.2, -0.15) is 5.26 Å². The third-order valence-electron chi connectivity index (χ3n) is 1.66. The molecule has 0 atom stereocenters. The van der Waals surface area contributed by atoms with Crippen LogP contribution < -0.4 is 5.73 Å². The van der Waals surface area contributed by atoms with E-state index in [0.29, 0.717) is 0 Å². The van der Waals surface area contributed by atoms with E-state index in [2.05, 4.69) is 4.98 Å². The minimum atomic E-state index is -2.74. The Morgan fingerprint density at radius 3 is 2.71 bits per heavy atom. The molecule has 0 saturated carbocycles. The fraction of sp³-hybridized carbons (Fsp3) is 0.250. The van der Waals surface area contributed by atoms with Crippen LogP contribution in [0.5, 0.6) is 0 Å². The zero-order valence-corrected chi connectivity index (χ0v) is 7.72. The summed E-state index contributed by atoms with van der Waals surface area (Å²) in [4.78, 5) is 3.64. The number of halogens is 3. The Kier molecular flexibility index (Phi) is 3.33. The molecule has 0 aliphatic rings. The maximum absolute atomic E-state index is 12.3. The summed E-state index contributed by atoms with van der Waals surface area (Å²) in [7, 11) is 0. The van der Waals surface area contributed by atoms with E-state index in [9.17, 15) is 8.78 Å². The Balaban J connectivity index is 3.37. The SMILES string of the molecule is N#Cc1c(CN)ncc(C(F)F)c1Cl. The van der Waals surface area contributed by atoms with Gasteiger partial charge in [-0.3, -0.25) is 4.98 Å². The van der Waals surface area contributed by atoms with Crippen LogP contribution in [-0.4, -0.2) is 4.98 Å². The molecule has 1 rings (SSSR count). The van der Waals surface area contributed by atoms with Crippen molar-refractivity contribution in [3.63, 3.8) is 0 Å². The van der Waals surface area contributed by atoms with Gasteiger partial charge in [0.2, 0.25) is 0 Å². The summed E-state index contributed by atoms with van der Waals surface area (Å²) in [6, 6.07) is 1.70. The van der Waals surface area contributed by atoms with E-state index >= 15 is 0 Å². The van der Waals surface area contributed by atoms with Crippen molar-refractivity contribution in [1.82, 2.24) is 4.98 Å². The lowest BCUT2D eigenvalue weighted by Crippen LogP contribution is -2.05. The fourth-order valence-corrected chi connectivity index (χ4v) is 1.24. The molecule has 0 aromatic carbocycles. The standard InChI is InChI=1S/C8H6ClF2N3/c9-7-4(1-12)6(2-13)14-3-5(7)8(10)11/h3,8H,2,13H2.